The Kier molecular flexibility index (Phi) is 13.5. The first-order valence-corrected chi connectivity index (χ1v) is 12.2. The third-order valence-electron chi connectivity index (χ3n) is 3.18. The molecule has 1 N–H and O–H groups in total. The summed E-state index contributed by atoms with van der Waals surface area (Å²) in [6.45, 7) is 4.26. The van der Waals surface area contributed by atoms with Crippen LogP contribution in [-0.2, 0) is 0 Å². The molecule has 0 atom stereocenters. The molecule has 0 saturated carbocycles. The number of thioether (sulfide) groups is 4. The molecule has 0 unspecified atom stereocenters. The Bertz CT molecular complexity index is 205. The maximum Gasteiger partial charge on any atom is 0.0480 e. The summed E-state index contributed by atoms with van der Waals surface area (Å²) in [5.74, 6) is 10.5. The summed E-state index contributed by atoms with van der Waals surface area (Å²) in [5.41, 5.74) is 0. The minimum atomic E-state index is 0.710. The number of nitrogens with one attached hydrogen (secondary N) is 1. The molecule has 1 saturated heterocycles. The molecule has 1 aliphatic rings. The van der Waals surface area contributed by atoms with Gasteiger partial charge in [-0.3, -0.25) is 4.90 Å². The van der Waals surface area contributed by atoms with Crippen molar-refractivity contribution in [2.75, 3.05) is 66.3 Å². The Hall–Kier alpha value is 1.32. The minimum absolute atomic E-state index is 0.710. The maximum absolute atomic E-state index is 3.45. The topological polar surface area (TPSA) is 15.3 Å². The van der Waals surface area contributed by atoms with E-state index >= 15 is 0 Å². The first kappa shape index (κ1) is 19.4. The van der Waals surface area contributed by atoms with Crippen molar-refractivity contribution >= 4 is 47.0 Å². The van der Waals surface area contributed by atoms with Crippen LogP contribution in [0.1, 0.15) is 13.3 Å². The molecule has 0 radical (unpaired) electrons. The molecule has 0 aromatic heterocycles. The maximum atomic E-state index is 3.45. The lowest BCUT2D eigenvalue weighted by molar-refractivity contribution is 0.262. The molecule has 1 fully saturated rings. The number of hydrogen-bond donors (Lipinski definition) is 1. The number of rotatable bonds is 4. The van der Waals surface area contributed by atoms with Crippen molar-refractivity contribution in [3.8, 4) is 0 Å². The summed E-state index contributed by atoms with van der Waals surface area (Å²) in [5, 5.41) is 3.45. The van der Waals surface area contributed by atoms with Crippen molar-refractivity contribution in [1.29, 1.82) is 0 Å². The van der Waals surface area contributed by atoms with Crippen molar-refractivity contribution in [1.82, 2.24) is 10.2 Å². The van der Waals surface area contributed by atoms with Gasteiger partial charge in [0, 0.05) is 47.2 Å². The van der Waals surface area contributed by atoms with Crippen molar-refractivity contribution < 1.29 is 0 Å². The molecular weight excluding hydrogens is 324 g/mol. The SMILES string of the molecule is CCNCN(C)C1CSCCSCCCSCCSC1. The molecule has 1 aliphatic heterocycles. The normalized spacial score (nSPS) is 21.8. The Morgan fingerprint density at radius 2 is 1.45 bits per heavy atom. The lowest BCUT2D eigenvalue weighted by Crippen LogP contribution is -2.42. The molecule has 0 aromatic rings. The van der Waals surface area contributed by atoms with Crippen molar-refractivity contribution in [2.45, 2.75) is 19.4 Å². The summed E-state index contributed by atoms with van der Waals surface area (Å²) in [6.07, 6.45) is 1.39. The summed E-state index contributed by atoms with van der Waals surface area (Å²) in [4.78, 5) is 2.50. The average Bonchev–Trinajstić information content (AvgIpc) is 2.47. The first-order chi connectivity index (χ1) is 9.84. The van der Waals surface area contributed by atoms with Crippen LogP contribution in [0.3, 0.4) is 0 Å². The molecular formula is C14H30N2S4. The van der Waals surface area contributed by atoms with Gasteiger partial charge in [0.1, 0.15) is 0 Å². The zero-order valence-corrected chi connectivity index (χ0v) is 16.2. The van der Waals surface area contributed by atoms with Gasteiger partial charge in [-0.2, -0.15) is 47.0 Å². The molecule has 20 heavy (non-hydrogen) atoms. The van der Waals surface area contributed by atoms with E-state index in [0.29, 0.717) is 6.04 Å². The molecule has 120 valence electrons. The van der Waals surface area contributed by atoms with Gasteiger partial charge in [0.05, 0.1) is 0 Å². The minimum Gasteiger partial charge on any atom is -0.305 e. The van der Waals surface area contributed by atoms with Gasteiger partial charge >= 0.3 is 0 Å². The molecule has 0 aromatic carbocycles. The van der Waals surface area contributed by atoms with E-state index in [2.05, 4.69) is 71.2 Å². The van der Waals surface area contributed by atoms with Crippen LogP contribution in [0.4, 0.5) is 0 Å². The third-order valence-corrected chi connectivity index (χ3v) is 8.06. The number of nitrogens with zero attached hydrogens (tertiary/aromatic N) is 1. The zero-order valence-electron chi connectivity index (χ0n) is 12.9. The second-order valence-electron chi connectivity index (χ2n) is 4.90. The van der Waals surface area contributed by atoms with E-state index < -0.39 is 0 Å². The highest BCUT2D eigenvalue weighted by atomic mass is 32.2. The van der Waals surface area contributed by atoms with E-state index in [1.807, 2.05) is 0 Å². The monoisotopic (exact) mass is 354 g/mol. The summed E-state index contributed by atoms with van der Waals surface area (Å²) in [6, 6.07) is 0.710. The summed E-state index contributed by atoms with van der Waals surface area (Å²) < 4.78 is 0. The van der Waals surface area contributed by atoms with Crippen LogP contribution in [-0.4, -0.2) is 77.2 Å². The second kappa shape index (κ2) is 13.9. The molecule has 0 amide bonds. The van der Waals surface area contributed by atoms with Gasteiger partial charge in [0.25, 0.3) is 0 Å². The van der Waals surface area contributed by atoms with E-state index in [1.54, 1.807) is 0 Å². The van der Waals surface area contributed by atoms with Crippen LogP contribution >= 0.6 is 47.0 Å². The number of hydrogen-bond acceptors (Lipinski definition) is 6. The fraction of sp³-hybridized carbons (Fsp3) is 1.00. The first-order valence-electron chi connectivity index (χ1n) is 7.56. The Morgan fingerprint density at radius 3 is 2.00 bits per heavy atom. The molecule has 0 bridgehead atoms. The van der Waals surface area contributed by atoms with E-state index in [9.17, 15) is 0 Å². The fourth-order valence-corrected chi connectivity index (χ4v) is 6.81. The highest BCUT2D eigenvalue weighted by Crippen LogP contribution is 2.18. The molecule has 1 heterocycles. The van der Waals surface area contributed by atoms with E-state index in [0.717, 1.165) is 13.2 Å². The molecule has 0 aliphatic carbocycles. The predicted octanol–water partition coefficient (Wildman–Crippen LogP) is 3.19. The van der Waals surface area contributed by atoms with Crippen LogP contribution in [0.5, 0.6) is 0 Å². The molecule has 2 nitrogen and oxygen atoms in total. The Labute approximate surface area is 142 Å². The Balaban J connectivity index is 2.31. The Morgan fingerprint density at radius 1 is 0.900 bits per heavy atom. The van der Waals surface area contributed by atoms with E-state index in [4.69, 9.17) is 0 Å². The zero-order chi connectivity index (χ0) is 14.5. The largest absolute Gasteiger partial charge is 0.305 e. The van der Waals surface area contributed by atoms with Gasteiger partial charge in [-0.25, -0.2) is 0 Å². The van der Waals surface area contributed by atoms with Gasteiger partial charge < -0.3 is 5.32 Å². The van der Waals surface area contributed by atoms with Crippen LogP contribution < -0.4 is 5.32 Å². The highest BCUT2D eigenvalue weighted by molar-refractivity contribution is 8.04. The van der Waals surface area contributed by atoms with Gasteiger partial charge in [-0.15, -0.1) is 0 Å². The van der Waals surface area contributed by atoms with Crippen LogP contribution in [0, 0.1) is 0 Å². The second-order valence-corrected chi connectivity index (χ2v) is 9.65. The van der Waals surface area contributed by atoms with Crippen molar-refractivity contribution in [3.05, 3.63) is 0 Å². The van der Waals surface area contributed by atoms with Crippen LogP contribution in [0.25, 0.3) is 0 Å². The molecule has 6 heteroatoms. The van der Waals surface area contributed by atoms with Crippen molar-refractivity contribution in [2.24, 2.45) is 0 Å². The molecule has 1 rings (SSSR count). The lowest BCUT2D eigenvalue weighted by atomic mass is 10.3. The quantitative estimate of drug-likeness (QED) is 0.774. The standard InChI is InChI=1S/C14H30N2S4/c1-3-15-13-16(2)14-11-19-9-7-17-5-4-6-18-8-10-20-12-14/h14-15H,3-13H2,1-2H3. The van der Waals surface area contributed by atoms with Gasteiger partial charge in [-0.05, 0) is 31.5 Å². The van der Waals surface area contributed by atoms with Gasteiger partial charge in [0.15, 0.2) is 0 Å². The smallest absolute Gasteiger partial charge is 0.0480 e. The summed E-state index contributed by atoms with van der Waals surface area (Å²) in [7, 11) is 2.26. The summed E-state index contributed by atoms with van der Waals surface area (Å²) >= 11 is 8.56. The van der Waals surface area contributed by atoms with Crippen LogP contribution in [0.2, 0.25) is 0 Å². The average molecular weight is 355 g/mol. The van der Waals surface area contributed by atoms with Gasteiger partial charge in [-0.1, -0.05) is 6.92 Å². The highest BCUT2D eigenvalue weighted by Gasteiger charge is 2.14. The molecule has 0 spiro atoms. The van der Waals surface area contributed by atoms with E-state index in [1.165, 1.54) is 52.4 Å². The van der Waals surface area contributed by atoms with E-state index in [-0.39, 0.29) is 0 Å². The van der Waals surface area contributed by atoms with Crippen molar-refractivity contribution in [3.63, 3.8) is 0 Å². The third kappa shape index (κ3) is 10.1. The fourth-order valence-electron chi connectivity index (χ4n) is 1.86. The predicted molar refractivity (Wildman–Crippen MR) is 104 cm³/mol. The van der Waals surface area contributed by atoms with Crippen LogP contribution in [0.15, 0.2) is 0 Å². The van der Waals surface area contributed by atoms with Gasteiger partial charge in [0.2, 0.25) is 0 Å². The lowest BCUT2D eigenvalue weighted by Gasteiger charge is -2.28.